The fraction of sp³-hybridized carbons (Fsp3) is 0.649. The summed E-state index contributed by atoms with van der Waals surface area (Å²) in [4.78, 5) is 25.4. The Morgan fingerprint density at radius 3 is 1.19 bits per heavy atom. The Balaban J connectivity index is 4.43. The van der Waals surface area contributed by atoms with Crippen LogP contribution in [0.4, 0.5) is 0 Å². The first-order chi connectivity index (χ1) is 30.6. The van der Waals surface area contributed by atoms with Crippen molar-refractivity contribution in [3.8, 4) is 0 Å². The van der Waals surface area contributed by atoms with Gasteiger partial charge in [0.15, 0.2) is 6.10 Å². The molecule has 0 radical (unpaired) electrons. The van der Waals surface area contributed by atoms with Crippen LogP contribution in [-0.4, -0.2) is 37.9 Å². The van der Waals surface area contributed by atoms with Gasteiger partial charge in [-0.15, -0.1) is 0 Å². The zero-order valence-electron chi connectivity index (χ0n) is 40.3. The molecule has 0 amide bonds. The van der Waals surface area contributed by atoms with Crippen LogP contribution in [0.3, 0.4) is 0 Å². The molecule has 0 saturated carbocycles. The molecule has 5 nitrogen and oxygen atoms in total. The maximum Gasteiger partial charge on any atom is 0.306 e. The summed E-state index contributed by atoms with van der Waals surface area (Å²) in [5, 5.41) is 0. The van der Waals surface area contributed by atoms with E-state index in [4.69, 9.17) is 14.2 Å². The van der Waals surface area contributed by atoms with Gasteiger partial charge >= 0.3 is 11.9 Å². The zero-order valence-corrected chi connectivity index (χ0v) is 40.3. The maximum absolute atomic E-state index is 12.8. The van der Waals surface area contributed by atoms with Crippen molar-refractivity contribution in [1.29, 1.82) is 0 Å². The number of hydrogen-bond acceptors (Lipinski definition) is 5. The first-order valence-corrected chi connectivity index (χ1v) is 25.4. The third-order valence-electron chi connectivity index (χ3n) is 10.3. The van der Waals surface area contributed by atoms with Gasteiger partial charge in [0.25, 0.3) is 0 Å². The number of carbonyl (C=O) groups is 2. The van der Waals surface area contributed by atoms with Crippen LogP contribution in [0.5, 0.6) is 0 Å². The summed E-state index contributed by atoms with van der Waals surface area (Å²) in [6, 6.07) is 0. The predicted octanol–water partition coefficient (Wildman–Crippen LogP) is 17.2. The second-order valence-corrected chi connectivity index (χ2v) is 16.3. The van der Waals surface area contributed by atoms with Gasteiger partial charge in [-0.1, -0.05) is 214 Å². The lowest BCUT2D eigenvalue weighted by Crippen LogP contribution is -2.30. The van der Waals surface area contributed by atoms with Gasteiger partial charge in [0, 0.05) is 19.4 Å². The topological polar surface area (TPSA) is 61.8 Å². The minimum Gasteiger partial charge on any atom is -0.462 e. The van der Waals surface area contributed by atoms with E-state index >= 15 is 0 Å². The highest BCUT2D eigenvalue weighted by molar-refractivity contribution is 5.70. The number of esters is 2. The van der Waals surface area contributed by atoms with E-state index in [1.165, 1.54) is 64.2 Å². The van der Waals surface area contributed by atoms with Crippen molar-refractivity contribution in [3.63, 3.8) is 0 Å². The van der Waals surface area contributed by atoms with Crippen LogP contribution in [0.1, 0.15) is 213 Å². The molecule has 62 heavy (non-hydrogen) atoms. The molecule has 0 aromatic heterocycles. The normalized spacial score (nSPS) is 13.1. The molecule has 0 fully saturated rings. The molecule has 0 aliphatic rings. The first-order valence-electron chi connectivity index (χ1n) is 25.4. The van der Waals surface area contributed by atoms with E-state index in [0.717, 1.165) is 116 Å². The van der Waals surface area contributed by atoms with Crippen molar-refractivity contribution >= 4 is 11.9 Å². The highest BCUT2D eigenvalue weighted by Crippen LogP contribution is 2.14. The van der Waals surface area contributed by atoms with Crippen LogP contribution >= 0.6 is 0 Å². The van der Waals surface area contributed by atoms with E-state index in [-0.39, 0.29) is 25.2 Å². The lowest BCUT2D eigenvalue weighted by Gasteiger charge is -2.18. The molecular formula is C57H94O5. The Morgan fingerprint density at radius 1 is 0.371 bits per heavy atom. The molecule has 0 heterocycles. The fourth-order valence-corrected chi connectivity index (χ4v) is 6.59. The van der Waals surface area contributed by atoms with Crippen LogP contribution in [0.15, 0.2) is 109 Å². The molecule has 0 N–H and O–H groups in total. The van der Waals surface area contributed by atoms with Gasteiger partial charge < -0.3 is 14.2 Å². The van der Waals surface area contributed by atoms with E-state index < -0.39 is 6.10 Å². The van der Waals surface area contributed by atoms with E-state index in [0.29, 0.717) is 19.4 Å². The summed E-state index contributed by atoms with van der Waals surface area (Å²) in [6.45, 7) is 7.46. The Labute approximate surface area is 383 Å². The molecule has 0 aliphatic carbocycles. The maximum atomic E-state index is 12.8. The standard InChI is InChI=1S/C57H94O5/c1-4-7-10-13-16-19-22-25-27-29-30-33-35-38-41-44-47-50-56(58)61-54-55(62-57(59)51-48-45-42-39-36-32-24-21-18-15-12-9-6-3)53-60-52-49-46-43-40-37-34-31-28-26-23-20-17-14-11-8-5-2/h7-8,10-11,16-17,19-20,25-28,30,33-34,37-38,41,55H,4-6,9,12-15,18,21-24,29,31-32,35-36,39-40,42-54H2,1-3H3/b10-7-,11-8-,19-16-,20-17-,27-25-,28-26-,33-30-,37-34-,41-38-. The van der Waals surface area contributed by atoms with Crippen molar-refractivity contribution in [2.45, 2.75) is 219 Å². The quantitative estimate of drug-likeness (QED) is 0.0347. The summed E-state index contributed by atoms with van der Waals surface area (Å²) >= 11 is 0. The van der Waals surface area contributed by atoms with Crippen LogP contribution in [0, 0.1) is 0 Å². The fourth-order valence-electron chi connectivity index (χ4n) is 6.59. The van der Waals surface area contributed by atoms with E-state index in [1.807, 2.05) is 0 Å². The number of allylic oxidation sites excluding steroid dienone is 18. The molecule has 0 saturated heterocycles. The summed E-state index contributed by atoms with van der Waals surface area (Å²) in [7, 11) is 0. The van der Waals surface area contributed by atoms with Gasteiger partial charge in [-0.3, -0.25) is 9.59 Å². The highest BCUT2D eigenvalue weighted by atomic mass is 16.6. The minimum atomic E-state index is -0.580. The Morgan fingerprint density at radius 2 is 0.742 bits per heavy atom. The largest absolute Gasteiger partial charge is 0.462 e. The Hall–Kier alpha value is -3.44. The summed E-state index contributed by atoms with van der Waals surface area (Å²) in [5.74, 6) is -0.486. The molecule has 352 valence electrons. The minimum absolute atomic E-state index is 0.0384. The average Bonchev–Trinajstić information content (AvgIpc) is 3.27. The van der Waals surface area contributed by atoms with Gasteiger partial charge in [-0.05, 0) is 96.3 Å². The molecule has 0 spiro atoms. The Kier molecular flexibility index (Phi) is 49.0. The monoisotopic (exact) mass is 859 g/mol. The molecule has 1 unspecified atom stereocenters. The number of ether oxygens (including phenoxy) is 3. The molecule has 0 aromatic carbocycles. The average molecular weight is 859 g/mol. The van der Waals surface area contributed by atoms with Crippen molar-refractivity contribution in [3.05, 3.63) is 109 Å². The van der Waals surface area contributed by atoms with E-state index in [2.05, 4.69) is 130 Å². The lowest BCUT2D eigenvalue weighted by molar-refractivity contribution is -0.163. The van der Waals surface area contributed by atoms with Crippen molar-refractivity contribution in [2.75, 3.05) is 19.8 Å². The second kappa shape index (κ2) is 51.9. The SMILES string of the molecule is CC/C=C\C/C=C\C/C=C\C/C=C\C/C=C\CCCC(=O)OCC(COCCCCC/C=C\C/C=C\C/C=C\C/C=C\CC)OC(=O)CCCCCCCCCCCCCCC. The summed E-state index contributed by atoms with van der Waals surface area (Å²) in [5.41, 5.74) is 0. The third-order valence-corrected chi connectivity index (χ3v) is 10.3. The van der Waals surface area contributed by atoms with E-state index in [1.54, 1.807) is 0 Å². The second-order valence-electron chi connectivity index (χ2n) is 16.3. The van der Waals surface area contributed by atoms with Crippen LogP contribution in [-0.2, 0) is 23.8 Å². The molecule has 0 rings (SSSR count). The first kappa shape index (κ1) is 58.6. The summed E-state index contributed by atoms with van der Waals surface area (Å²) < 4.78 is 17.3. The molecule has 1 atom stereocenters. The lowest BCUT2D eigenvalue weighted by atomic mass is 10.0. The number of unbranched alkanes of at least 4 members (excludes halogenated alkanes) is 16. The third kappa shape index (κ3) is 49.2. The molecule has 0 aromatic rings. The van der Waals surface area contributed by atoms with Crippen LogP contribution in [0.25, 0.3) is 0 Å². The molecule has 0 aliphatic heterocycles. The van der Waals surface area contributed by atoms with Crippen molar-refractivity contribution in [2.24, 2.45) is 0 Å². The van der Waals surface area contributed by atoms with Gasteiger partial charge in [0.1, 0.15) is 6.61 Å². The van der Waals surface area contributed by atoms with Crippen molar-refractivity contribution in [1.82, 2.24) is 0 Å². The molecular weight excluding hydrogens is 765 g/mol. The number of hydrogen-bond donors (Lipinski definition) is 0. The van der Waals surface area contributed by atoms with Crippen LogP contribution in [0.2, 0.25) is 0 Å². The Bertz CT molecular complexity index is 1250. The zero-order chi connectivity index (χ0) is 44.9. The highest BCUT2D eigenvalue weighted by Gasteiger charge is 2.17. The van der Waals surface area contributed by atoms with Gasteiger partial charge in [-0.2, -0.15) is 0 Å². The van der Waals surface area contributed by atoms with Gasteiger partial charge in [0.05, 0.1) is 6.61 Å². The van der Waals surface area contributed by atoms with E-state index in [9.17, 15) is 9.59 Å². The number of rotatable bonds is 45. The molecule has 5 heteroatoms. The number of carbonyl (C=O) groups excluding carboxylic acids is 2. The van der Waals surface area contributed by atoms with Crippen LogP contribution < -0.4 is 0 Å². The van der Waals surface area contributed by atoms with Gasteiger partial charge in [0.2, 0.25) is 0 Å². The van der Waals surface area contributed by atoms with Crippen molar-refractivity contribution < 1.29 is 23.8 Å². The molecule has 0 bridgehead atoms. The smallest absolute Gasteiger partial charge is 0.306 e. The van der Waals surface area contributed by atoms with Gasteiger partial charge in [-0.25, -0.2) is 0 Å². The summed E-state index contributed by atoms with van der Waals surface area (Å²) in [6.07, 6.45) is 71.0. The predicted molar refractivity (Wildman–Crippen MR) is 269 cm³/mol.